The number of aromatic nitrogens is 3. The maximum Gasteiger partial charge on any atom is 0.193 e. The lowest BCUT2D eigenvalue weighted by Crippen LogP contribution is -2.25. The van der Waals surface area contributed by atoms with Crippen LogP contribution in [0.3, 0.4) is 0 Å². The molecule has 0 N–H and O–H groups in total. The van der Waals surface area contributed by atoms with Crippen molar-refractivity contribution in [2.75, 3.05) is 26.7 Å². The molecular weight excluding hydrogens is 496 g/mol. The summed E-state index contributed by atoms with van der Waals surface area (Å²) in [4.78, 5) is 15.5. The van der Waals surface area contributed by atoms with Crippen molar-refractivity contribution in [3.05, 3.63) is 101 Å². The van der Waals surface area contributed by atoms with Crippen LogP contribution in [0, 0.1) is 0 Å². The third-order valence-corrected chi connectivity index (χ3v) is 7.56. The van der Waals surface area contributed by atoms with Crippen molar-refractivity contribution in [1.82, 2.24) is 19.9 Å². The number of carbonyl (C=O) groups excluding carboxylic acids is 1. The topological polar surface area (TPSA) is 60.2 Å². The molecule has 210 valence electrons. The standard InChI is InChI=1S/C34H42N4O2/c1-5-8-9-10-26-11-13-27(14-12-26)25-38-33(32(35-36-38)23-24-37(6-2)7-3)28-15-17-29(18-16-28)34(39)30-19-21-31(40-4)22-20-30/h11-22H,5-10,23-25H2,1-4H3. The highest BCUT2D eigenvalue weighted by Crippen LogP contribution is 2.26. The number of carbonyl (C=O) groups is 1. The molecule has 4 rings (SSSR count). The molecule has 40 heavy (non-hydrogen) atoms. The molecule has 4 aromatic rings. The van der Waals surface area contributed by atoms with Crippen molar-refractivity contribution < 1.29 is 9.53 Å². The van der Waals surface area contributed by atoms with E-state index in [1.807, 2.05) is 41.1 Å². The van der Waals surface area contributed by atoms with E-state index in [9.17, 15) is 4.79 Å². The van der Waals surface area contributed by atoms with Crippen molar-refractivity contribution in [2.45, 2.75) is 59.4 Å². The van der Waals surface area contributed by atoms with Gasteiger partial charge in [-0.1, -0.05) is 87.4 Å². The van der Waals surface area contributed by atoms with Gasteiger partial charge in [0.05, 0.1) is 25.0 Å². The van der Waals surface area contributed by atoms with Crippen molar-refractivity contribution in [3.63, 3.8) is 0 Å². The molecule has 0 aliphatic heterocycles. The Bertz CT molecular complexity index is 1340. The maximum absolute atomic E-state index is 13.1. The Labute approximate surface area is 239 Å². The number of likely N-dealkylation sites (N-methyl/N-ethyl adjacent to an activating group) is 1. The first kappa shape index (κ1) is 29.2. The van der Waals surface area contributed by atoms with Crippen LogP contribution < -0.4 is 4.74 Å². The molecular formula is C34H42N4O2. The van der Waals surface area contributed by atoms with Crippen LogP contribution in [0.4, 0.5) is 0 Å². The summed E-state index contributed by atoms with van der Waals surface area (Å²) in [5.41, 5.74) is 6.89. The van der Waals surface area contributed by atoms with E-state index in [2.05, 4.69) is 60.2 Å². The van der Waals surface area contributed by atoms with Gasteiger partial charge in [0.25, 0.3) is 0 Å². The lowest BCUT2D eigenvalue weighted by Gasteiger charge is -2.17. The summed E-state index contributed by atoms with van der Waals surface area (Å²) in [5, 5.41) is 9.22. The molecule has 6 nitrogen and oxygen atoms in total. The van der Waals surface area contributed by atoms with E-state index < -0.39 is 0 Å². The van der Waals surface area contributed by atoms with Crippen LogP contribution in [0.5, 0.6) is 5.75 Å². The summed E-state index contributed by atoms with van der Waals surface area (Å²) >= 11 is 0. The van der Waals surface area contributed by atoms with Crippen LogP contribution >= 0.6 is 0 Å². The number of rotatable bonds is 15. The quantitative estimate of drug-likeness (QED) is 0.122. The number of ketones is 1. The maximum atomic E-state index is 13.1. The number of nitrogens with zero attached hydrogens (tertiary/aromatic N) is 4. The lowest BCUT2D eigenvalue weighted by molar-refractivity contribution is 0.103. The van der Waals surface area contributed by atoms with Crippen molar-refractivity contribution in [2.24, 2.45) is 0 Å². The van der Waals surface area contributed by atoms with Gasteiger partial charge in [0, 0.05) is 29.7 Å². The predicted octanol–water partition coefficient (Wildman–Crippen LogP) is 6.85. The van der Waals surface area contributed by atoms with E-state index in [0.29, 0.717) is 17.7 Å². The number of hydrogen-bond donors (Lipinski definition) is 0. The van der Waals surface area contributed by atoms with Gasteiger partial charge < -0.3 is 9.64 Å². The summed E-state index contributed by atoms with van der Waals surface area (Å²) in [6.07, 6.45) is 5.68. The molecule has 0 radical (unpaired) electrons. The number of benzene rings is 3. The Morgan fingerprint density at radius 1 is 0.800 bits per heavy atom. The van der Waals surface area contributed by atoms with Gasteiger partial charge in [-0.2, -0.15) is 0 Å². The van der Waals surface area contributed by atoms with Crippen LogP contribution in [0.25, 0.3) is 11.3 Å². The minimum atomic E-state index is -0.0124. The Morgan fingerprint density at radius 3 is 2.02 bits per heavy atom. The van der Waals surface area contributed by atoms with Crippen molar-refractivity contribution in [3.8, 4) is 17.0 Å². The largest absolute Gasteiger partial charge is 0.497 e. The summed E-state index contributed by atoms with van der Waals surface area (Å²) in [5.74, 6) is 0.720. The number of methoxy groups -OCH3 is 1. The molecule has 0 bridgehead atoms. The number of aryl methyl sites for hydroxylation is 1. The van der Waals surface area contributed by atoms with Crippen LogP contribution in [-0.2, 0) is 19.4 Å². The normalized spacial score (nSPS) is 11.2. The van der Waals surface area contributed by atoms with Crippen molar-refractivity contribution >= 4 is 5.78 Å². The second-order valence-electron chi connectivity index (χ2n) is 10.2. The summed E-state index contributed by atoms with van der Waals surface area (Å²) in [7, 11) is 1.62. The minimum Gasteiger partial charge on any atom is -0.497 e. The van der Waals surface area contributed by atoms with Gasteiger partial charge in [-0.15, -0.1) is 5.10 Å². The van der Waals surface area contributed by atoms with Crippen LogP contribution in [-0.4, -0.2) is 52.4 Å². The molecule has 3 aromatic carbocycles. The van der Waals surface area contributed by atoms with Crippen LogP contribution in [0.2, 0.25) is 0 Å². The molecule has 0 saturated heterocycles. The van der Waals surface area contributed by atoms with E-state index in [4.69, 9.17) is 4.74 Å². The third-order valence-electron chi connectivity index (χ3n) is 7.56. The molecule has 0 aliphatic carbocycles. The molecule has 0 spiro atoms. The average Bonchev–Trinajstić information content (AvgIpc) is 3.40. The second kappa shape index (κ2) is 14.6. The van der Waals surface area contributed by atoms with Crippen molar-refractivity contribution in [1.29, 1.82) is 0 Å². The Kier molecular flexibility index (Phi) is 10.6. The summed E-state index contributed by atoms with van der Waals surface area (Å²) in [6.45, 7) is 10.2. The molecule has 0 aliphatic rings. The second-order valence-corrected chi connectivity index (χ2v) is 10.2. The zero-order valence-electron chi connectivity index (χ0n) is 24.4. The number of ether oxygens (including phenoxy) is 1. The first-order chi connectivity index (χ1) is 19.6. The smallest absolute Gasteiger partial charge is 0.193 e. The van der Waals surface area contributed by atoms with Gasteiger partial charge in [-0.3, -0.25) is 4.79 Å². The zero-order chi connectivity index (χ0) is 28.3. The lowest BCUT2D eigenvalue weighted by atomic mass is 10.00. The van der Waals surface area contributed by atoms with Gasteiger partial charge in [0.15, 0.2) is 5.78 Å². The number of hydrogen-bond acceptors (Lipinski definition) is 5. The van der Waals surface area contributed by atoms with E-state index in [0.717, 1.165) is 55.2 Å². The molecule has 1 heterocycles. The van der Waals surface area contributed by atoms with E-state index in [-0.39, 0.29) is 5.78 Å². The van der Waals surface area contributed by atoms with E-state index >= 15 is 0 Å². The highest BCUT2D eigenvalue weighted by Gasteiger charge is 2.17. The van der Waals surface area contributed by atoms with E-state index in [1.165, 1.54) is 30.4 Å². The van der Waals surface area contributed by atoms with Crippen LogP contribution in [0.1, 0.15) is 72.8 Å². The van der Waals surface area contributed by atoms with Gasteiger partial charge in [-0.25, -0.2) is 4.68 Å². The highest BCUT2D eigenvalue weighted by atomic mass is 16.5. The molecule has 0 saturated carbocycles. The summed E-state index contributed by atoms with van der Waals surface area (Å²) < 4.78 is 7.23. The molecule has 1 aromatic heterocycles. The SMILES string of the molecule is CCCCCc1ccc(Cn2nnc(CCN(CC)CC)c2-c2ccc(C(=O)c3ccc(OC)cc3)cc2)cc1. The van der Waals surface area contributed by atoms with E-state index in [1.54, 1.807) is 19.2 Å². The molecule has 0 atom stereocenters. The van der Waals surface area contributed by atoms with Gasteiger partial charge >= 0.3 is 0 Å². The summed E-state index contributed by atoms with van der Waals surface area (Å²) in [6, 6.07) is 24.0. The third kappa shape index (κ3) is 7.45. The van der Waals surface area contributed by atoms with Gasteiger partial charge in [-0.05, 0) is 61.3 Å². The molecule has 0 fully saturated rings. The monoisotopic (exact) mass is 538 g/mol. The predicted molar refractivity (Wildman–Crippen MR) is 162 cm³/mol. The van der Waals surface area contributed by atoms with Crippen LogP contribution in [0.15, 0.2) is 72.8 Å². The fourth-order valence-electron chi connectivity index (χ4n) is 5.00. The minimum absolute atomic E-state index is 0.0124. The first-order valence-corrected chi connectivity index (χ1v) is 14.6. The Balaban J connectivity index is 1.58. The molecule has 0 amide bonds. The highest BCUT2D eigenvalue weighted by molar-refractivity contribution is 6.09. The number of unbranched alkanes of at least 4 members (excludes halogenated alkanes) is 2. The molecule has 6 heteroatoms. The average molecular weight is 539 g/mol. The zero-order valence-corrected chi connectivity index (χ0v) is 24.4. The van der Waals surface area contributed by atoms with Gasteiger partial charge in [0.2, 0.25) is 0 Å². The fraction of sp³-hybridized carbons (Fsp3) is 0.382. The Morgan fingerprint density at radius 2 is 1.43 bits per heavy atom. The first-order valence-electron chi connectivity index (χ1n) is 14.6. The Hall–Kier alpha value is -3.77. The van der Waals surface area contributed by atoms with Gasteiger partial charge in [0.1, 0.15) is 5.75 Å². The molecule has 0 unspecified atom stereocenters. The fourth-order valence-corrected chi connectivity index (χ4v) is 5.00.